The SMILES string of the molecule is Cc1ccc(/C=C/C(=O)NC(=S)N(CCCCO)Cc2ccccc2)cc1. The minimum absolute atomic E-state index is 0.150. The molecule has 0 atom stereocenters. The lowest BCUT2D eigenvalue weighted by atomic mass is 10.1. The van der Waals surface area contributed by atoms with Crippen molar-refractivity contribution < 1.29 is 9.90 Å². The number of nitrogens with one attached hydrogen (secondary N) is 1. The summed E-state index contributed by atoms with van der Waals surface area (Å²) < 4.78 is 0. The van der Waals surface area contributed by atoms with Crippen molar-refractivity contribution in [1.29, 1.82) is 0 Å². The molecule has 0 saturated carbocycles. The van der Waals surface area contributed by atoms with Crippen LogP contribution < -0.4 is 5.32 Å². The molecule has 0 aliphatic rings. The number of hydrogen-bond donors (Lipinski definition) is 2. The maximum absolute atomic E-state index is 12.2. The monoisotopic (exact) mass is 382 g/mol. The van der Waals surface area contributed by atoms with Gasteiger partial charge in [-0.2, -0.15) is 0 Å². The van der Waals surface area contributed by atoms with Gasteiger partial charge in [-0.25, -0.2) is 0 Å². The second-order valence-electron chi connectivity index (χ2n) is 6.38. The van der Waals surface area contributed by atoms with Crippen LogP contribution in [0.4, 0.5) is 0 Å². The number of aryl methyl sites for hydroxylation is 1. The molecule has 0 aromatic heterocycles. The largest absolute Gasteiger partial charge is 0.396 e. The van der Waals surface area contributed by atoms with Crippen molar-refractivity contribution in [2.45, 2.75) is 26.3 Å². The maximum Gasteiger partial charge on any atom is 0.250 e. The average Bonchev–Trinajstić information content (AvgIpc) is 2.67. The Morgan fingerprint density at radius 2 is 1.81 bits per heavy atom. The van der Waals surface area contributed by atoms with Crippen molar-refractivity contribution in [1.82, 2.24) is 10.2 Å². The van der Waals surface area contributed by atoms with Crippen LogP contribution >= 0.6 is 12.2 Å². The van der Waals surface area contributed by atoms with E-state index in [2.05, 4.69) is 5.32 Å². The van der Waals surface area contributed by atoms with Crippen LogP contribution in [0.25, 0.3) is 6.08 Å². The molecule has 0 unspecified atom stereocenters. The van der Waals surface area contributed by atoms with E-state index in [0.717, 1.165) is 17.5 Å². The van der Waals surface area contributed by atoms with E-state index < -0.39 is 0 Å². The average molecular weight is 383 g/mol. The summed E-state index contributed by atoms with van der Waals surface area (Å²) in [6, 6.07) is 17.9. The Kier molecular flexibility index (Phi) is 8.68. The molecule has 142 valence electrons. The third-order valence-corrected chi connectivity index (χ3v) is 4.43. The highest BCUT2D eigenvalue weighted by atomic mass is 32.1. The zero-order valence-electron chi connectivity index (χ0n) is 15.6. The Hall–Kier alpha value is -2.50. The van der Waals surface area contributed by atoms with Crippen molar-refractivity contribution in [2.24, 2.45) is 0 Å². The van der Waals surface area contributed by atoms with Crippen LogP contribution in [-0.2, 0) is 11.3 Å². The minimum Gasteiger partial charge on any atom is -0.396 e. The molecule has 0 aliphatic carbocycles. The van der Waals surface area contributed by atoms with Gasteiger partial charge in [0.15, 0.2) is 5.11 Å². The number of nitrogens with zero attached hydrogens (tertiary/aromatic N) is 1. The van der Waals surface area contributed by atoms with Crippen molar-refractivity contribution in [3.8, 4) is 0 Å². The van der Waals surface area contributed by atoms with Gasteiger partial charge in [-0.3, -0.25) is 10.1 Å². The van der Waals surface area contributed by atoms with Gasteiger partial charge in [0.05, 0.1) is 0 Å². The molecule has 0 radical (unpaired) electrons. The zero-order valence-corrected chi connectivity index (χ0v) is 16.4. The first-order valence-electron chi connectivity index (χ1n) is 9.08. The summed E-state index contributed by atoms with van der Waals surface area (Å²) in [7, 11) is 0. The number of aliphatic hydroxyl groups excluding tert-OH is 1. The van der Waals surface area contributed by atoms with Crippen LogP contribution in [0.3, 0.4) is 0 Å². The summed E-state index contributed by atoms with van der Waals surface area (Å²) in [6.07, 6.45) is 4.77. The molecule has 2 aromatic carbocycles. The van der Waals surface area contributed by atoms with E-state index in [9.17, 15) is 4.79 Å². The summed E-state index contributed by atoms with van der Waals surface area (Å²) in [5.74, 6) is -0.249. The highest BCUT2D eigenvalue weighted by Crippen LogP contribution is 2.07. The molecule has 0 fully saturated rings. The summed E-state index contributed by atoms with van der Waals surface area (Å²) in [4.78, 5) is 14.2. The molecule has 2 rings (SSSR count). The Morgan fingerprint density at radius 3 is 2.48 bits per heavy atom. The molecule has 4 nitrogen and oxygen atoms in total. The molecular weight excluding hydrogens is 356 g/mol. The molecule has 0 aliphatic heterocycles. The van der Waals surface area contributed by atoms with E-state index in [-0.39, 0.29) is 12.5 Å². The first-order valence-corrected chi connectivity index (χ1v) is 9.49. The number of unbranched alkanes of at least 4 members (excludes halogenated alkanes) is 1. The minimum atomic E-state index is -0.249. The quantitative estimate of drug-likeness (QED) is 0.415. The fourth-order valence-corrected chi connectivity index (χ4v) is 2.80. The smallest absolute Gasteiger partial charge is 0.250 e. The molecule has 5 heteroatoms. The first-order chi connectivity index (χ1) is 13.1. The number of rotatable bonds is 8. The standard InChI is InChI=1S/C22H26N2O2S/c1-18-9-11-19(12-10-18)13-14-21(26)23-22(27)24(15-5-6-16-25)17-20-7-3-2-4-8-20/h2-4,7-14,25H,5-6,15-17H2,1H3,(H,23,26,27)/b14-13+. The number of benzene rings is 2. The van der Waals surface area contributed by atoms with Gasteiger partial charge in [0.25, 0.3) is 0 Å². The molecule has 0 bridgehead atoms. The Morgan fingerprint density at radius 1 is 1.11 bits per heavy atom. The summed E-state index contributed by atoms with van der Waals surface area (Å²) in [5.41, 5.74) is 3.26. The lowest BCUT2D eigenvalue weighted by Gasteiger charge is -2.25. The van der Waals surface area contributed by atoms with Gasteiger partial charge in [0.2, 0.25) is 5.91 Å². The van der Waals surface area contributed by atoms with Gasteiger partial charge >= 0.3 is 0 Å². The van der Waals surface area contributed by atoms with Crippen molar-refractivity contribution in [3.63, 3.8) is 0 Å². The third-order valence-electron chi connectivity index (χ3n) is 4.07. The zero-order chi connectivity index (χ0) is 19.5. The number of thiocarbonyl (C=S) groups is 1. The van der Waals surface area contributed by atoms with Crippen molar-refractivity contribution >= 4 is 29.3 Å². The topological polar surface area (TPSA) is 52.6 Å². The van der Waals surface area contributed by atoms with Crippen LogP contribution in [-0.4, -0.2) is 34.2 Å². The van der Waals surface area contributed by atoms with Crippen LogP contribution in [0.5, 0.6) is 0 Å². The van der Waals surface area contributed by atoms with Gasteiger partial charge in [-0.05, 0) is 49.2 Å². The molecule has 2 N–H and O–H groups in total. The molecule has 0 saturated heterocycles. The number of carbonyl (C=O) groups is 1. The Balaban J connectivity index is 1.96. The number of amides is 1. The summed E-state index contributed by atoms with van der Waals surface area (Å²) in [5, 5.41) is 12.2. The fourth-order valence-electron chi connectivity index (χ4n) is 2.55. The molecule has 1 amide bonds. The van der Waals surface area contributed by atoms with Gasteiger partial charge < -0.3 is 10.0 Å². The highest BCUT2D eigenvalue weighted by Gasteiger charge is 2.12. The first kappa shape index (κ1) is 20.8. The van der Waals surface area contributed by atoms with E-state index in [1.165, 1.54) is 11.6 Å². The predicted molar refractivity (Wildman–Crippen MR) is 114 cm³/mol. The van der Waals surface area contributed by atoms with Crippen molar-refractivity contribution in [2.75, 3.05) is 13.2 Å². The van der Waals surface area contributed by atoms with Crippen LogP contribution in [0.15, 0.2) is 60.7 Å². The van der Waals surface area contributed by atoms with Gasteiger partial charge in [0, 0.05) is 25.8 Å². The van der Waals surface area contributed by atoms with Gasteiger partial charge in [-0.1, -0.05) is 60.2 Å². The van der Waals surface area contributed by atoms with E-state index in [1.54, 1.807) is 6.08 Å². The predicted octanol–water partition coefficient (Wildman–Crippen LogP) is 3.68. The molecule has 0 spiro atoms. The normalized spacial score (nSPS) is 10.7. The highest BCUT2D eigenvalue weighted by molar-refractivity contribution is 7.80. The van der Waals surface area contributed by atoms with Crippen LogP contribution in [0.1, 0.15) is 29.5 Å². The van der Waals surface area contributed by atoms with Gasteiger partial charge in [0.1, 0.15) is 0 Å². The van der Waals surface area contributed by atoms with E-state index in [4.69, 9.17) is 17.3 Å². The summed E-state index contributed by atoms with van der Waals surface area (Å²) in [6.45, 7) is 3.47. The van der Waals surface area contributed by atoms with Crippen molar-refractivity contribution in [3.05, 3.63) is 77.4 Å². The number of hydrogen-bond acceptors (Lipinski definition) is 3. The lowest BCUT2D eigenvalue weighted by molar-refractivity contribution is -0.115. The summed E-state index contributed by atoms with van der Waals surface area (Å²) >= 11 is 5.45. The Bertz CT molecular complexity index is 758. The maximum atomic E-state index is 12.2. The van der Waals surface area contributed by atoms with Gasteiger partial charge in [-0.15, -0.1) is 0 Å². The third kappa shape index (κ3) is 7.72. The second kappa shape index (κ2) is 11.3. The number of aliphatic hydroxyl groups is 1. The fraction of sp³-hybridized carbons (Fsp3) is 0.273. The van der Waals surface area contributed by atoms with Crippen LogP contribution in [0, 0.1) is 6.92 Å². The van der Waals surface area contributed by atoms with E-state index in [1.807, 2.05) is 66.4 Å². The van der Waals surface area contributed by atoms with E-state index >= 15 is 0 Å². The number of carbonyl (C=O) groups excluding carboxylic acids is 1. The molecule has 2 aromatic rings. The second-order valence-corrected chi connectivity index (χ2v) is 6.76. The van der Waals surface area contributed by atoms with E-state index in [0.29, 0.717) is 24.6 Å². The Labute approximate surface area is 166 Å². The molecular formula is C22H26N2O2S. The van der Waals surface area contributed by atoms with Crippen LogP contribution in [0.2, 0.25) is 0 Å². The molecule has 0 heterocycles. The lowest BCUT2D eigenvalue weighted by Crippen LogP contribution is -2.42. The molecule has 27 heavy (non-hydrogen) atoms.